The molecule has 0 aliphatic carbocycles. The van der Waals surface area contributed by atoms with Crippen molar-refractivity contribution in [3.05, 3.63) is 33.4 Å². The number of hydrogen-bond donors (Lipinski definition) is 0. The number of rotatable bonds is 2. The molecule has 1 aliphatic heterocycles. The van der Waals surface area contributed by atoms with E-state index in [2.05, 4.69) is 63.7 Å². The van der Waals surface area contributed by atoms with Gasteiger partial charge in [0.2, 0.25) is 0 Å². The normalized spacial score (nSPS) is 19.3. The fraction of sp³-hybridized carbons (Fsp3) is 0.500. The molecule has 0 aromatic heterocycles. The summed E-state index contributed by atoms with van der Waals surface area (Å²) in [7, 11) is 2.20. The molecule has 15 heavy (non-hydrogen) atoms. The van der Waals surface area contributed by atoms with Crippen LogP contribution in [0.4, 0.5) is 0 Å². The van der Waals surface area contributed by atoms with Gasteiger partial charge in [-0.05, 0) is 47.3 Å². The minimum Gasteiger partial charge on any atom is -0.304 e. The van der Waals surface area contributed by atoms with Crippen LogP contribution in [0.25, 0.3) is 0 Å². The van der Waals surface area contributed by atoms with Crippen molar-refractivity contribution in [3.8, 4) is 0 Å². The van der Waals surface area contributed by atoms with Crippen molar-refractivity contribution in [2.75, 3.05) is 33.2 Å². The molecule has 0 atom stereocenters. The number of benzene rings is 1. The zero-order chi connectivity index (χ0) is 10.7. The molecule has 1 aromatic carbocycles. The number of hydrogen-bond acceptors (Lipinski definition) is 2. The lowest BCUT2D eigenvalue weighted by atomic mass is 10.2. The van der Waals surface area contributed by atoms with Gasteiger partial charge >= 0.3 is 0 Å². The van der Waals surface area contributed by atoms with Crippen molar-refractivity contribution in [2.24, 2.45) is 0 Å². The number of likely N-dealkylation sites (N-methyl/N-ethyl adjacent to an activating group) is 1. The van der Waals surface area contributed by atoms with Gasteiger partial charge in [-0.25, -0.2) is 0 Å². The Labute approximate surface area is 105 Å². The molecule has 1 aliphatic rings. The van der Waals surface area contributed by atoms with Crippen LogP contribution >= 0.6 is 22.6 Å². The summed E-state index contributed by atoms with van der Waals surface area (Å²) in [6, 6.07) is 8.85. The summed E-state index contributed by atoms with van der Waals surface area (Å²) >= 11 is 2.35. The Balaban J connectivity index is 1.89. The summed E-state index contributed by atoms with van der Waals surface area (Å²) in [4.78, 5) is 4.92. The predicted molar refractivity (Wildman–Crippen MR) is 71.9 cm³/mol. The molecule has 1 aromatic rings. The van der Waals surface area contributed by atoms with E-state index in [-0.39, 0.29) is 0 Å². The number of nitrogens with zero attached hydrogens (tertiary/aromatic N) is 2. The van der Waals surface area contributed by atoms with Gasteiger partial charge in [0.1, 0.15) is 0 Å². The molecule has 0 N–H and O–H groups in total. The molecule has 2 rings (SSSR count). The van der Waals surface area contributed by atoms with E-state index in [1.807, 2.05) is 0 Å². The maximum Gasteiger partial charge on any atom is 0.0234 e. The van der Waals surface area contributed by atoms with Crippen LogP contribution in [0, 0.1) is 3.57 Å². The van der Waals surface area contributed by atoms with Crippen LogP contribution in [0.15, 0.2) is 24.3 Å². The highest BCUT2D eigenvalue weighted by Crippen LogP contribution is 2.10. The van der Waals surface area contributed by atoms with E-state index >= 15 is 0 Å². The van der Waals surface area contributed by atoms with E-state index in [0.717, 1.165) is 6.54 Å². The molecule has 2 nitrogen and oxygen atoms in total. The SMILES string of the molecule is CN1CCN(Cc2ccc(I)cc2)CC1. The second-order valence-corrected chi connectivity index (χ2v) is 5.45. The van der Waals surface area contributed by atoms with Gasteiger partial charge in [0.25, 0.3) is 0 Å². The molecule has 3 heteroatoms. The fourth-order valence-corrected chi connectivity index (χ4v) is 2.21. The molecule has 0 radical (unpaired) electrons. The lowest BCUT2D eigenvalue weighted by Crippen LogP contribution is -2.43. The van der Waals surface area contributed by atoms with Crippen LogP contribution in [-0.2, 0) is 6.54 Å². The quantitative estimate of drug-likeness (QED) is 0.771. The van der Waals surface area contributed by atoms with Gasteiger partial charge in [-0.1, -0.05) is 12.1 Å². The van der Waals surface area contributed by atoms with Crippen LogP contribution in [0.1, 0.15) is 5.56 Å². The number of piperazine rings is 1. The third kappa shape index (κ3) is 3.43. The van der Waals surface area contributed by atoms with Crippen LogP contribution in [0.5, 0.6) is 0 Å². The van der Waals surface area contributed by atoms with Crippen molar-refractivity contribution >= 4 is 22.6 Å². The molecule has 1 heterocycles. The topological polar surface area (TPSA) is 6.48 Å². The lowest BCUT2D eigenvalue weighted by Gasteiger charge is -2.32. The van der Waals surface area contributed by atoms with Crippen LogP contribution in [0.3, 0.4) is 0 Å². The average Bonchev–Trinajstić information content (AvgIpc) is 2.25. The monoisotopic (exact) mass is 316 g/mol. The van der Waals surface area contributed by atoms with Gasteiger partial charge in [-0.15, -0.1) is 0 Å². The van der Waals surface area contributed by atoms with Crippen LogP contribution in [0.2, 0.25) is 0 Å². The Kier molecular flexibility index (Phi) is 3.99. The van der Waals surface area contributed by atoms with Gasteiger partial charge in [-0.2, -0.15) is 0 Å². The van der Waals surface area contributed by atoms with Gasteiger partial charge in [0, 0.05) is 36.3 Å². The standard InChI is InChI=1S/C12H17IN2/c1-14-6-8-15(9-7-14)10-11-2-4-12(13)5-3-11/h2-5H,6-10H2,1H3. The fourth-order valence-electron chi connectivity index (χ4n) is 1.85. The Morgan fingerprint density at radius 3 is 2.27 bits per heavy atom. The van der Waals surface area contributed by atoms with Crippen molar-refractivity contribution in [3.63, 3.8) is 0 Å². The third-order valence-corrected chi connectivity index (χ3v) is 3.63. The molecule has 0 unspecified atom stereocenters. The summed E-state index contributed by atoms with van der Waals surface area (Å²) in [5, 5.41) is 0. The van der Waals surface area contributed by atoms with Crippen molar-refractivity contribution < 1.29 is 0 Å². The van der Waals surface area contributed by atoms with Crippen molar-refractivity contribution in [1.29, 1.82) is 0 Å². The molecule has 0 spiro atoms. The summed E-state index contributed by atoms with van der Waals surface area (Å²) in [6.07, 6.45) is 0. The second kappa shape index (κ2) is 5.27. The zero-order valence-electron chi connectivity index (χ0n) is 9.12. The first kappa shape index (κ1) is 11.4. The minimum atomic E-state index is 1.10. The molecular formula is C12H17IN2. The van der Waals surface area contributed by atoms with Crippen LogP contribution < -0.4 is 0 Å². The third-order valence-electron chi connectivity index (χ3n) is 2.92. The summed E-state index contributed by atoms with van der Waals surface area (Å²) < 4.78 is 1.31. The first-order valence-electron chi connectivity index (χ1n) is 5.39. The van der Waals surface area contributed by atoms with E-state index in [0.29, 0.717) is 0 Å². The van der Waals surface area contributed by atoms with Crippen molar-refractivity contribution in [1.82, 2.24) is 9.80 Å². The highest BCUT2D eigenvalue weighted by molar-refractivity contribution is 14.1. The van der Waals surface area contributed by atoms with E-state index in [1.54, 1.807) is 0 Å². The van der Waals surface area contributed by atoms with E-state index < -0.39 is 0 Å². The van der Waals surface area contributed by atoms with Gasteiger partial charge < -0.3 is 4.90 Å². The average molecular weight is 316 g/mol. The maximum atomic E-state index is 2.53. The summed E-state index contributed by atoms with van der Waals surface area (Å²) in [5.41, 5.74) is 1.43. The van der Waals surface area contributed by atoms with Gasteiger partial charge in [0.05, 0.1) is 0 Å². The number of halogens is 1. The Hall–Kier alpha value is -0.130. The summed E-state index contributed by atoms with van der Waals surface area (Å²) in [6.45, 7) is 5.89. The van der Waals surface area contributed by atoms with E-state index in [9.17, 15) is 0 Å². The van der Waals surface area contributed by atoms with Crippen LogP contribution in [-0.4, -0.2) is 43.0 Å². The first-order chi connectivity index (χ1) is 7.24. The summed E-state index contributed by atoms with van der Waals surface area (Å²) in [5.74, 6) is 0. The highest BCUT2D eigenvalue weighted by atomic mass is 127. The molecule has 1 saturated heterocycles. The molecule has 0 saturated carbocycles. The highest BCUT2D eigenvalue weighted by Gasteiger charge is 2.13. The zero-order valence-corrected chi connectivity index (χ0v) is 11.3. The molecule has 1 fully saturated rings. The Morgan fingerprint density at radius 1 is 1.07 bits per heavy atom. The largest absolute Gasteiger partial charge is 0.304 e. The lowest BCUT2D eigenvalue weighted by molar-refractivity contribution is 0.148. The van der Waals surface area contributed by atoms with E-state index in [1.165, 1.54) is 35.3 Å². The smallest absolute Gasteiger partial charge is 0.0234 e. The Morgan fingerprint density at radius 2 is 1.67 bits per heavy atom. The van der Waals surface area contributed by atoms with Gasteiger partial charge in [-0.3, -0.25) is 4.90 Å². The first-order valence-corrected chi connectivity index (χ1v) is 6.47. The second-order valence-electron chi connectivity index (χ2n) is 4.21. The maximum absolute atomic E-state index is 2.53. The molecule has 82 valence electrons. The van der Waals surface area contributed by atoms with Gasteiger partial charge in [0.15, 0.2) is 0 Å². The Bertz CT molecular complexity index is 302. The molecular weight excluding hydrogens is 299 g/mol. The van der Waals surface area contributed by atoms with Crippen molar-refractivity contribution in [2.45, 2.75) is 6.54 Å². The predicted octanol–water partition coefficient (Wildman–Crippen LogP) is 2.04. The molecule has 0 amide bonds. The van der Waals surface area contributed by atoms with E-state index in [4.69, 9.17) is 0 Å². The minimum absolute atomic E-state index is 1.10. The molecule has 0 bridgehead atoms.